The number of carbonyl (C=O) groups is 1. The number of halogens is 3. The molecule has 0 aliphatic carbocycles. The Morgan fingerprint density at radius 1 is 1.20 bits per heavy atom. The molecule has 2 heterocycles. The van der Waals surface area contributed by atoms with E-state index in [2.05, 4.69) is 10.2 Å². The molecule has 0 bridgehead atoms. The van der Waals surface area contributed by atoms with Crippen LogP contribution in [0.3, 0.4) is 0 Å². The van der Waals surface area contributed by atoms with Gasteiger partial charge in [-0.25, -0.2) is 0 Å². The molecule has 2 aliphatic rings. The fourth-order valence-corrected chi connectivity index (χ4v) is 3.45. The van der Waals surface area contributed by atoms with Crippen LogP contribution in [0.15, 0.2) is 18.2 Å². The normalized spacial score (nSPS) is 21.7. The zero-order chi connectivity index (χ0) is 16.9. The Kier molecular flexibility index (Phi) is 8.26. The van der Waals surface area contributed by atoms with Crippen LogP contribution in [-0.4, -0.2) is 68.1 Å². The van der Waals surface area contributed by atoms with E-state index in [1.54, 1.807) is 6.07 Å². The van der Waals surface area contributed by atoms with Crippen molar-refractivity contribution in [1.29, 1.82) is 0 Å². The van der Waals surface area contributed by atoms with Crippen LogP contribution in [0, 0.1) is 0 Å². The Balaban J connectivity index is 0.00000225. The number of nitrogens with zero attached hydrogens (tertiary/aromatic N) is 2. The summed E-state index contributed by atoms with van der Waals surface area (Å²) in [5, 5.41) is 4.36. The lowest BCUT2D eigenvalue weighted by Crippen LogP contribution is -2.47. The minimum atomic E-state index is -0.0252. The number of hydrogen-bond acceptors (Lipinski definition) is 4. The van der Waals surface area contributed by atoms with Crippen molar-refractivity contribution in [3.8, 4) is 0 Å². The van der Waals surface area contributed by atoms with Gasteiger partial charge in [0.05, 0.1) is 22.8 Å². The van der Waals surface area contributed by atoms with Crippen LogP contribution in [0.25, 0.3) is 0 Å². The predicted octanol–water partition coefficient (Wildman–Crippen LogP) is 2.61. The van der Waals surface area contributed by atoms with Gasteiger partial charge in [-0.3, -0.25) is 9.69 Å². The van der Waals surface area contributed by atoms with Crippen LogP contribution in [0.4, 0.5) is 0 Å². The molecule has 3 rings (SSSR count). The lowest BCUT2D eigenvalue weighted by molar-refractivity contribution is -0.132. The summed E-state index contributed by atoms with van der Waals surface area (Å²) < 4.78 is 5.87. The molecule has 1 amide bonds. The van der Waals surface area contributed by atoms with Crippen molar-refractivity contribution in [3.05, 3.63) is 33.8 Å². The molecular formula is C17H24Cl3N3O2. The molecule has 1 unspecified atom stereocenters. The summed E-state index contributed by atoms with van der Waals surface area (Å²) in [7, 11) is 0. The molecular weight excluding hydrogens is 385 g/mol. The first-order chi connectivity index (χ1) is 11.6. The average molecular weight is 409 g/mol. The highest BCUT2D eigenvalue weighted by Gasteiger charge is 2.24. The molecule has 1 aromatic rings. The van der Waals surface area contributed by atoms with Crippen LogP contribution in [-0.2, 0) is 9.53 Å². The number of nitrogens with one attached hydrogen (secondary N) is 1. The van der Waals surface area contributed by atoms with E-state index in [0.717, 1.165) is 51.4 Å². The average Bonchev–Trinajstić information content (AvgIpc) is 2.63. The van der Waals surface area contributed by atoms with E-state index in [4.69, 9.17) is 27.9 Å². The number of ether oxygens (including phenoxy) is 1. The Bertz CT molecular complexity index is 582. The summed E-state index contributed by atoms with van der Waals surface area (Å²) in [5.74, 6) is 0.245. The number of hydrogen-bond donors (Lipinski definition) is 1. The summed E-state index contributed by atoms with van der Waals surface area (Å²) in [6, 6.07) is 5.62. The maximum atomic E-state index is 12.3. The third-order valence-electron chi connectivity index (χ3n) is 4.58. The van der Waals surface area contributed by atoms with E-state index < -0.39 is 0 Å². The second-order valence-corrected chi connectivity index (χ2v) is 7.03. The van der Waals surface area contributed by atoms with Crippen LogP contribution in [0.1, 0.15) is 18.1 Å². The van der Waals surface area contributed by atoms with Crippen molar-refractivity contribution in [2.24, 2.45) is 0 Å². The molecule has 1 N–H and O–H groups in total. The highest BCUT2D eigenvalue weighted by Crippen LogP contribution is 2.29. The van der Waals surface area contributed by atoms with Crippen molar-refractivity contribution in [3.63, 3.8) is 0 Å². The number of amides is 1. The number of piperazine rings is 1. The molecule has 0 spiro atoms. The van der Waals surface area contributed by atoms with E-state index >= 15 is 0 Å². The van der Waals surface area contributed by atoms with Gasteiger partial charge < -0.3 is 15.0 Å². The quantitative estimate of drug-likeness (QED) is 0.832. The van der Waals surface area contributed by atoms with Gasteiger partial charge in [-0.05, 0) is 17.7 Å². The van der Waals surface area contributed by atoms with E-state index in [0.29, 0.717) is 23.1 Å². The maximum absolute atomic E-state index is 12.3. The lowest BCUT2D eigenvalue weighted by atomic mass is 10.1. The van der Waals surface area contributed by atoms with E-state index in [-0.39, 0.29) is 24.4 Å². The molecule has 2 fully saturated rings. The Labute approximate surface area is 165 Å². The van der Waals surface area contributed by atoms with Crippen LogP contribution >= 0.6 is 35.6 Å². The largest absolute Gasteiger partial charge is 0.371 e. The van der Waals surface area contributed by atoms with Gasteiger partial charge in [0.2, 0.25) is 5.91 Å². The smallest absolute Gasteiger partial charge is 0.223 e. The molecule has 2 saturated heterocycles. The van der Waals surface area contributed by atoms with Gasteiger partial charge in [-0.15, -0.1) is 12.4 Å². The number of rotatable bonds is 4. The molecule has 1 atom stereocenters. The predicted molar refractivity (Wildman–Crippen MR) is 103 cm³/mol. The highest BCUT2D eigenvalue weighted by molar-refractivity contribution is 6.42. The van der Waals surface area contributed by atoms with E-state index in [9.17, 15) is 4.79 Å². The zero-order valence-corrected chi connectivity index (χ0v) is 16.4. The van der Waals surface area contributed by atoms with Crippen molar-refractivity contribution in [2.45, 2.75) is 12.5 Å². The first-order valence-electron chi connectivity index (χ1n) is 8.41. The minimum Gasteiger partial charge on any atom is -0.371 e. The lowest BCUT2D eigenvalue weighted by Gasteiger charge is -2.34. The summed E-state index contributed by atoms with van der Waals surface area (Å²) in [4.78, 5) is 16.5. The zero-order valence-electron chi connectivity index (χ0n) is 14.0. The van der Waals surface area contributed by atoms with Crippen molar-refractivity contribution >= 4 is 41.5 Å². The van der Waals surface area contributed by atoms with Gasteiger partial charge in [0.25, 0.3) is 0 Å². The molecule has 5 nitrogen and oxygen atoms in total. The first-order valence-corrected chi connectivity index (χ1v) is 9.16. The molecule has 8 heteroatoms. The molecule has 2 aliphatic heterocycles. The Morgan fingerprint density at radius 3 is 2.68 bits per heavy atom. The third kappa shape index (κ3) is 5.71. The SMILES string of the molecule is Cl.O=C(CCN1CCOC(c2ccc(Cl)c(Cl)c2)C1)N1CCNCC1. The summed E-state index contributed by atoms with van der Waals surface area (Å²) >= 11 is 12.1. The number of morpholine rings is 1. The Morgan fingerprint density at radius 2 is 1.96 bits per heavy atom. The van der Waals surface area contributed by atoms with Crippen molar-refractivity contribution in [2.75, 3.05) is 52.4 Å². The number of benzene rings is 1. The second kappa shape index (κ2) is 9.95. The number of carbonyl (C=O) groups excluding carboxylic acids is 1. The van der Waals surface area contributed by atoms with Crippen LogP contribution < -0.4 is 5.32 Å². The fourth-order valence-electron chi connectivity index (χ4n) is 3.15. The fraction of sp³-hybridized carbons (Fsp3) is 0.588. The van der Waals surface area contributed by atoms with E-state index in [1.165, 1.54) is 0 Å². The van der Waals surface area contributed by atoms with Crippen molar-refractivity contribution < 1.29 is 9.53 Å². The molecule has 140 valence electrons. The molecule has 0 aromatic heterocycles. The monoisotopic (exact) mass is 407 g/mol. The van der Waals surface area contributed by atoms with Crippen LogP contribution in [0.2, 0.25) is 10.0 Å². The van der Waals surface area contributed by atoms with Gasteiger partial charge in [0.15, 0.2) is 0 Å². The van der Waals surface area contributed by atoms with Gasteiger partial charge in [-0.2, -0.15) is 0 Å². The van der Waals surface area contributed by atoms with Gasteiger partial charge >= 0.3 is 0 Å². The topological polar surface area (TPSA) is 44.8 Å². The standard InChI is InChI=1S/C17H23Cl2N3O2.ClH/c18-14-2-1-13(11-15(14)19)16-12-21(9-10-24-16)6-3-17(23)22-7-4-20-5-8-22;/h1-2,11,16,20H,3-10,12H2;1H. The van der Waals surface area contributed by atoms with Gasteiger partial charge in [0.1, 0.15) is 0 Å². The summed E-state index contributed by atoms with van der Waals surface area (Å²) in [5.41, 5.74) is 1.03. The minimum absolute atomic E-state index is 0. The molecule has 1 aromatic carbocycles. The first kappa shape index (κ1) is 20.7. The molecule has 25 heavy (non-hydrogen) atoms. The summed E-state index contributed by atoms with van der Waals surface area (Å²) in [6.07, 6.45) is 0.538. The highest BCUT2D eigenvalue weighted by atomic mass is 35.5. The second-order valence-electron chi connectivity index (χ2n) is 6.21. The third-order valence-corrected chi connectivity index (χ3v) is 5.32. The maximum Gasteiger partial charge on any atom is 0.223 e. The van der Waals surface area contributed by atoms with Gasteiger partial charge in [0, 0.05) is 52.2 Å². The Hall–Kier alpha value is -0.560. The van der Waals surface area contributed by atoms with E-state index in [1.807, 2.05) is 17.0 Å². The van der Waals surface area contributed by atoms with Gasteiger partial charge in [-0.1, -0.05) is 29.3 Å². The van der Waals surface area contributed by atoms with Crippen molar-refractivity contribution in [1.82, 2.24) is 15.1 Å². The molecule has 0 saturated carbocycles. The van der Waals surface area contributed by atoms with Crippen LogP contribution in [0.5, 0.6) is 0 Å². The summed E-state index contributed by atoms with van der Waals surface area (Å²) in [6.45, 7) is 6.46. The molecule has 0 radical (unpaired) electrons.